The molecule has 0 bridgehead atoms. The Kier molecular flexibility index (Phi) is 9.06. The summed E-state index contributed by atoms with van der Waals surface area (Å²) in [6.07, 6.45) is 2.69. The Morgan fingerprint density at radius 3 is 2.42 bits per heavy atom. The van der Waals surface area contributed by atoms with E-state index in [1.54, 1.807) is 26.3 Å². The molecule has 0 radical (unpaired) electrons. The number of methoxy groups -OCH3 is 1. The second-order valence-electron chi connectivity index (χ2n) is 8.45. The summed E-state index contributed by atoms with van der Waals surface area (Å²) in [5, 5.41) is 6.60. The quantitative estimate of drug-likeness (QED) is 0.317. The van der Waals surface area contributed by atoms with Crippen LogP contribution in [0.5, 0.6) is 5.75 Å². The van der Waals surface area contributed by atoms with E-state index in [9.17, 15) is 4.39 Å². The number of hydrogen-bond acceptors (Lipinski definition) is 5. The van der Waals surface area contributed by atoms with Crippen molar-refractivity contribution in [2.45, 2.75) is 34.1 Å². The van der Waals surface area contributed by atoms with Gasteiger partial charge in [-0.25, -0.2) is 4.39 Å². The molecule has 168 valence electrons. The van der Waals surface area contributed by atoms with Crippen molar-refractivity contribution in [3.8, 4) is 5.75 Å². The van der Waals surface area contributed by atoms with Crippen LogP contribution in [0, 0.1) is 11.2 Å². The maximum Gasteiger partial charge on any atom is 0.138 e. The molecule has 0 aliphatic rings. The van der Waals surface area contributed by atoms with E-state index in [0.29, 0.717) is 41.3 Å². The van der Waals surface area contributed by atoms with Gasteiger partial charge in [-0.05, 0) is 43.0 Å². The number of nitrogens with zero attached hydrogens (tertiary/aromatic N) is 1. The van der Waals surface area contributed by atoms with Crippen LogP contribution in [-0.4, -0.2) is 33.1 Å². The highest BCUT2D eigenvalue weighted by Crippen LogP contribution is 2.33. The molecule has 0 unspecified atom stereocenters. The number of anilines is 2. The Hall–Kier alpha value is -2.86. The molecule has 0 aromatic heterocycles. The summed E-state index contributed by atoms with van der Waals surface area (Å²) < 4.78 is 25.4. The summed E-state index contributed by atoms with van der Waals surface area (Å²) in [6.45, 7) is 14.1. The van der Waals surface area contributed by atoms with Crippen molar-refractivity contribution in [2.75, 3.05) is 37.5 Å². The molecule has 0 fully saturated rings. The van der Waals surface area contributed by atoms with Gasteiger partial charge in [-0.2, -0.15) is 0 Å². The van der Waals surface area contributed by atoms with E-state index in [1.165, 1.54) is 6.07 Å². The summed E-state index contributed by atoms with van der Waals surface area (Å²) in [4.78, 5) is 4.30. The van der Waals surface area contributed by atoms with Crippen LogP contribution in [0.2, 0.25) is 0 Å². The minimum atomic E-state index is -0.450. The standard InChI is InChI=1S/C25H34FN3O2/c1-7-27-23-17-21(31-15-14-30-6)16-22(26)24(23)18(2)29-20-10-8-19(9-11-20)28-13-12-25(3,4)5/h7-11,16-17,28-29H,2,12-15H2,1,3-6H3. The molecule has 0 saturated heterocycles. The molecule has 6 heteroatoms. The highest BCUT2D eigenvalue weighted by atomic mass is 19.1. The molecule has 0 saturated carbocycles. The largest absolute Gasteiger partial charge is 0.491 e. The summed E-state index contributed by atoms with van der Waals surface area (Å²) in [5.74, 6) is -0.0501. The molecular formula is C25H34FN3O2. The highest BCUT2D eigenvalue weighted by molar-refractivity contribution is 5.83. The van der Waals surface area contributed by atoms with Gasteiger partial charge in [0.15, 0.2) is 0 Å². The normalized spacial score (nSPS) is 11.5. The smallest absolute Gasteiger partial charge is 0.138 e. The Balaban J connectivity index is 2.10. The van der Waals surface area contributed by atoms with Gasteiger partial charge in [-0.3, -0.25) is 4.99 Å². The Bertz CT molecular complexity index is 887. The fraction of sp³-hybridized carbons (Fsp3) is 0.400. The lowest BCUT2D eigenvalue weighted by Gasteiger charge is -2.19. The lowest BCUT2D eigenvalue weighted by molar-refractivity contribution is 0.146. The number of rotatable bonds is 11. The van der Waals surface area contributed by atoms with Gasteiger partial charge in [0, 0.05) is 49.1 Å². The predicted octanol–water partition coefficient (Wildman–Crippen LogP) is 6.50. The summed E-state index contributed by atoms with van der Waals surface area (Å²) in [6, 6.07) is 10.9. The van der Waals surface area contributed by atoms with Crippen molar-refractivity contribution >= 4 is 29.0 Å². The van der Waals surface area contributed by atoms with Crippen molar-refractivity contribution in [1.82, 2.24) is 0 Å². The van der Waals surface area contributed by atoms with E-state index in [4.69, 9.17) is 9.47 Å². The maximum atomic E-state index is 14.9. The van der Waals surface area contributed by atoms with Crippen molar-refractivity contribution in [3.05, 3.63) is 54.4 Å². The molecule has 2 aromatic carbocycles. The topological polar surface area (TPSA) is 54.9 Å². The first kappa shape index (κ1) is 24.4. The summed E-state index contributed by atoms with van der Waals surface area (Å²) >= 11 is 0. The molecule has 0 amide bonds. The molecule has 0 aliphatic carbocycles. The molecule has 2 aromatic rings. The zero-order valence-corrected chi connectivity index (χ0v) is 19.2. The van der Waals surface area contributed by atoms with Crippen LogP contribution in [0.15, 0.2) is 48.0 Å². The Labute approximate surface area is 185 Å². The second kappa shape index (κ2) is 11.5. The Morgan fingerprint density at radius 1 is 1.13 bits per heavy atom. The van der Waals surface area contributed by atoms with E-state index in [-0.39, 0.29) is 0 Å². The lowest BCUT2D eigenvalue weighted by Crippen LogP contribution is -2.12. The first-order chi connectivity index (χ1) is 14.7. The van der Waals surface area contributed by atoms with E-state index in [0.717, 1.165) is 24.3 Å². The van der Waals surface area contributed by atoms with Crippen molar-refractivity contribution in [3.63, 3.8) is 0 Å². The van der Waals surface area contributed by atoms with Gasteiger partial charge >= 0.3 is 0 Å². The third-order valence-corrected chi connectivity index (χ3v) is 4.55. The van der Waals surface area contributed by atoms with E-state index in [1.807, 2.05) is 24.3 Å². The molecule has 0 spiro atoms. The number of ether oxygens (including phenoxy) is 2. The van der Waals surface area contributed by atoms with Crippen LogP contribution < -0.4 is 15.4 Å². The zero-order valence-electron chi connectivity index (χ0n) is 19.2. The molecule has 0 heterocycles. The third-order valence-electron chi connectivity index (χ3n) is 4.55. The molecule has 0 atom stereocenters. The monoisotopic (exact) mass is 427 g/mol. The van der Waals surface area contributed by atoms with Gasteiger partial charge in [-0.15, -0.1) is 0 Å². The number of benzene rings is 2. The van der Waals surface area contributed by atoms with Crippen molar-refractivity contribution in [2.24, 2.45) is 10.4 Å². The second-order valence-corrected chi connectivity index (χ2v) is 8.45. The van der Waals surface area contributed by atoms with E-state index in [2.05, 4.69) is 43.0 Å². The molecule has 0 aliphatic heterocycles. The van der Waals surface area contributed by atoms with Gasteiger partial charge in [0.05, 0.1) is 17.9 Å². The van der Waals surface area contributed by atoms with Crippen molar-refractivity contribution < 1.29 is 13.9 Å². The SMILES string of the molecule is C=C(Nc1ccc(NCCC(C)(C)C)cc1)c1c(F)cc(OCCOC)cc1N=CC. The lowest BCUT2D eigenvalue weighted by atomic mass is 9.92. The van der Waals surface area contributed by atoms with E-state index < -0.39 is 5.82 Å². The van der Waals surface area contributed by atoms with Crippen LogP contribution >= 0.6 is 0 Å². The minimum Gasteiger partial charge on any atom is -0.491 e. The number of hydrogen-bond donors (Lipinski definition) is 2. The first-order valence-electron chi connectivity index (χ1n) is 10.5. The van der Waals surface area contributed by atoms with Crippen LogP contribution in [0.1, 0.15) is 39.7 Å². The molecule has 2 N–H and O–H groups in total. The minimum absolute atomic E-state index is 0.291. The number of halogens is 1. The van der Waals surface area contributed by atoms with Crippen molar-refractivity contribution in [1.29, 1.82) is 0 Å². The van der Waals surface area contributed by atoms with Gasteiger partial charge in [0.25, 0.3) is 0 Å². The van der Waals surface area contributed by atoms with Gasteiger partial charge in [-0.1, -0.05) is 27.4 Å². The predicted molar refractivity (Wildman–Crippen MR) is 129 cm³/mol. The van der Waals surface area contributed by atoms with Gasteiger partial charge in [0.1, 0.15) is 18.2 Å². The first-order valence-corrected chi connectivity index (χ1v) is 10.5. The molecule has 31 heavy (non-hydrogen) atoms. The van der Waals surface area contributed by atoms with Crippen LogP contribution in [-0.2, 0) is 4.74 Å². The average molecular weight is 428 g/mol. The van der Waals surface area contributed by atoms with Gasteiger partial charge in [0.2, 0.25) is 0 Å². The fourth-order valence-corrected chi connectivity index (χ4v) is 2.92. The number of aliphatic imine (C=N–C) groups is 1. The highest BCUT2D eigenvalue weighted by Gasteiger charge is 2.15. The molecule has 5 nitrogen and oxygen atoms in total. The summed E-state index contributed by atoms with van der Waals surface area (Å²) in [7, 11) is 1.59. The van der Waals surface area contributed by atoms with Crippen LogP contribution in [0.4, 0.5) is 21.5 Å². The third kappa shape index (κ3) is 8.06. The van der Waals surface area contributed by atoms with Crippen LogP contribution in [0.25, 0.3) is 5.70 Å². The summed E-state index contributed by atoms with van der Waals surface area (Å²) in [5.41, 5.74) is 3.34. The Morgan fingerprint density at radius 2 is 1.81 bits per heavy atom. The number of nitrogens with one attached hydrogen (secondary N) is 2. The van der Waals surface area contributed by atoms with E-state index >= 15 is 0 Å². The zero-order chi connectivity index (χ0) is 22.9. The average Bonchev–Trinajstić information content (AvgIpc) is 2.68. The van der Waals surface area contributed by atoms with Crippen LogP contribution in [0.3, 0.4) is 0 Å². The maximum absolute atomic E-state index is 14.9. The molecular weight excluding hydrogens is 393 g/mol. The fourth-order valence-electron chi connectivity index (χ4n) is 2.92. The van der Waals surface area contributed by atoms with Gasteiger partial charge < -0.3 is 20.1 Å². The molecule has 2 rings (SSSR count).